The summed E-state index contributed by atoms with van der Waals surface area (Å²) >= 11 is -4.26. The third kappa shape index (κ3) is 6.20. The molecule has 0 aliphatic rings. The zero-order valence-corrected chi connectivity index (χ0v) is 27.1. The third-order valence-electron chi connectivity index (χ3n) is 7.16. The van der Waals surface area contributed by atoms with Gasteiger partial charge in [-0.15, -0.1) is 0 Å². The Morgan fingerprint density at radius 3 is 0.293 bits per heavy atom. The molecular weight excluding hydrogens is 988 g/mol. The van der Waals surface area contributed by atoms with Crippen LogP contribution in [0.15, 0.2) is 0 Å². The Bertz CT molecular complexity index is 1380. The number of alkyl halides is 36. The van der Waals surface area contributed by atoms with Gasteiger partial charge in [-0.05, 0) is 12.5 Å². The van der Waals surface area contributed by atoms with Gasteiger partial charge < -0.3 is 0 Å². The van der Waals surface area contributed by atoms with E-state index in [0.29, 0.717) is 0 Å². The van der Waals surface area contributed by atoms with Crippen molar-refractivity contribution in [2.24, 2.45) is 0 Å². The molecule has 0 bridgehead atoms. The van der Waals surface area contributed by atoms with E-state index < -0.39 is 141 Å². The largest absolute Gasteiger partial charge is 0.388 e. The molecule has 0 saturated carbocycles. The van der Waals surface area contributed by atoms with Crippen LogP contribution in [0, 0.1) is 0 Å². The zero-order valence-electron chi connectivity index (χ0n) is 25.4. The summed E-state index contributed by atoms with van der Waals surface area (Å²) in [5.41, 5.74) is 0. The fraction of sp³-hybridized carbons (Fsp3) is 1.00. The monoisotopic (exact) mass is 994 g/mol. The molecule has 0 aliphatic heterocycles. The molecule has 0 radical (unpaired) electrons. The molecule has 0 unspecified atom stereocenters. The normalized spacial score (nSPS) is 17.3. The molecule has 0 aromatic rings. The lowest BCUT2D eigenvalue weighted by Gasteiger charge is -2.47. The van der Waals surface area contributed by atoms with Gasteiger partial charge in [0.05, 0.1) is 0 Å². The first-order chi connectivity index (χ1) is 24.4. The second-order valence-corrected chi connectivity index (χ2v) is 12.5. The maximum absolute atomic E-state index is 14.0. The summed E-state index contributed by atoms with van der Waals surface area (Å²) in [6, 6.07) is 0. The Hall–Kier alpha value is -1.82. The minimum Gasteiger partial charge on any atom is -0.192 e. The minimum atomic E-state index is -10.4. The van der Waals surface area contributed by atoms with Crippen LogP contribution in [0.5, 0.6) is 0 Å². The summed E-state index contributed by atoms with van der Waals surface area (Å²) in [5.74, 6) is -156. The van der Waals surface area contributed by atoms with Crippen molar-refractivity contribution in [1.29, 1.82) is 0 Å². The highest BCUT2D eigenvalue weighted by Crippen LogP contribution is 2.71. The second kappa shape index (κ2) is 13.8. The molecule has 0 nitrogen and oxygen atoms in total. The summed E-state index contributed by atoms with van der Waals surface area (Å²) < 4.78 is 493. The van der Waals surface area contributed by atoms with Crippen LogP contribution >= 0.6 is 23.5 Å². The Balaban J connectivity index is 7.88. The molecule has 0 saturated heterocycles. The maximum atomic E-state index is 14.0. The van der Waals surface area contributed by atoms with Gasteiger partial charge in [0.25, 0.3) is 0 Å². The van der Waals surface area contributed by atoms with Crippen molar-refractivity contribution < 1.29 is 158 Å². The molecule has 0 aromatic carbocycles. The highest BCUT2D eigenvalue weighted by molar-refractivity contribution is 7.99. The van der Waals surface area contributed by atoms with Crippen LogP contribution in [0.4, 0.5) is 158 Å². The van der Waals surface area contributed by atoms with E-state index in [1.807, 2.05) is 0 Å². The van der Waals surface area contributed by atoms with Crippen molar-refractivity contribution in [3.63, 3.8) is 0 Å². The quantitative estimate of drug-likeness (QED) is 0.118. The van der Waals surface area contributed by atoms with Crippen LogP contribution < -0.4 is 0 Å². The maximum Gasteiger partial charge on any atom is 0.388 e. The first-order valence-corrected chi connectivity index (χ1v) is 14.7. The molecule has 0 spiro atoms. The number of halogens is 36. The summed E-state index contributed by atoms with van der Waals surface area (Å²) in [6.45, 7) is 0. The van der Waals surface area contributed by atoms with Crippen LogP contribution in [-0.2, 0) is 0 Å². The topological polar surface area (TPSA) is 0 Å². The number of hydrogen-bond donors (Lipinski definition) is 0. The molecule has 0 fully saturated rings. The lowest BCUT2D eigenvalue weighted by Crippen LogP contribution is -2.80. The number of hydrogen-bond acceptors (Lipinski definition) is 2. The summed E-state index contributed by atoms with van der Waals surface area (Å²) in [4.78, 5) is 0. The molecule has 0 heterocycles. The lowest BCUT2D eigenvalue weighted by molar-refractivity contribution is -0.491. The SMILES string of the molecule is CSC(F)(F)C(F)(F)C(F)(F)C(F)(F)C(F)(F)C(F)(F)C(F)(F)C(F)(F)C(F)(F)C(F)(F)C(F)(F)C(F)(F)C(F)(F)C(F)(F)C(F)(F)C(F)(F)C(F)(F)C(F)(F)SC. The van der Waals surface area contributed by atoms with Crippen molar-refractivity contribution in [2.75, 3.05) is 12.5 Å². The molecular formula is C20H6F36S2. The average molecular weight is 994 g/mol. The first-order valence-electron chi connectivity index (χ1n) is 12.3. The van der Waals surface area contributed by atoms with Gasteiger partial charge in [-0.2, -0.15) is 158 Å². The van der Waals surface area contributed by atoms with Gasteiger partial charge in [-0.3, -0.25) is 0 Å². The van der Waals surface area contributed by atoms with E-state index in [-0.39, 0.29) is 0 Å². The summed E-state index contributed by atoms with van der Waals surface area (Å²) in [7, 11) is 0. The van der Waals surface area contributed by atoms with Crippen molar-refractivity contribution in [2.45, 2.75) is 105 Å². The van der Waals surface area contributed by atoms with E-state index in [4.69, 9.17) is 0 Å². The van der Waals surface area contributed by atoms with Crippen LogP contribution in [0.3, 0.4) is 0 Å². The van der Waals surface area contributed by atoms with Gasteiger partial charge in [0, 0.05) is 0 Å². The highest BCUT2D eigenvalue weighted by Gasteiger charge is 3.02. The average Bonchev–Trinajstić information content (AvgIpc) is 3.02. The van der Waals surface area contributed by atoms with E-state index in [2.05, 4.69) is 0 Å². The van der Waals surface area contributed by atoms with Crippen molar-refractivity contribution in [3.05, 3.63) is 0 Å². The third-order valence-corrected chi connectivity index (χ3v) is 8.70. The predicted octanol–water partition coefficient (Wildman–Crippen LogP) is 13.1. The van der Waals surface area contributed by atoms with Gasteiger partial charge in [0.1, 0.15) is 0 Å². The van der Waals surface area contributed by atoms with Crippen LogP contribution in [0.1, 0.15) is 0 Å². The van der Waals surface area contributed by atoms with Crippen LogP contribution in [-0.4, -0.2) is 118 Å². The smallest absolute Gasteiger partial charge is 0.192 e. The molecule has 58 heavy (non-hydrogen) atoms. The minimum absolute atomic E-state index is 0.546. The zero-order chi connectivity index (χ0) is 48.4. The predicted molar refractivity (Wildman–Crippen MR) is 116 cm³/mol. The van der Waals surface area contributed by atoms with E-state index in [1.165, 1.54) is 0 Å². The Labute approximate surface area is 300 Å². The van der Waals surface area contributed by atoms with Gasteiger partial charge in [0.2, 0.25) is 0 Å². The summed E-state index contributed by atoms with van der Waals surface area (Å²) in [5, 5.41) is -14.0. The van der Waals surface area contributed by atoms with Gasteiger partial charge >= 0.3 is 105 Å². The second-order valence-electron chi connectivity index (χ2n) is 10.6. The van der Waals surface area contributed by atoms with Crippen LogP contribution in [0.2, 0.25) is 0 Å². The van der Waals surface area contributed by atoms with E-state index in [1.54, 1.807) is 0 Å². The molecule has 0 atom stereocenters. The van der Waals surface area contributed by atoms with Crippen LogP contribution in [0.25, 0.3) is 0 Å². The molecule has 350 valence electrons. The molecule has 0 aliphatic carbocycles. The van der Waals surface area contributed by atoms with E-state index in [0.717, 1.165) is 0 Å². The van der Waals surface area contributed by atoms with Gasteiger partial charge in [-0.1, -0.05) is 23.5 Å². The fourth-order valence-electron chi connectivity index (χ4n) is 3.38. The Morgan fingerprint density at radius 1 is 0.155 bits per heavy atom. The number of thioether (sulfide) groups is 2. The molecule has 0 amide bonds. The van der Waals surface area contributed by atoms with Gasteiger partial charge in [-0.25, -0.2) is 0 Å². The Kier molecular flexibility index (Phi) is 13.4. The van der Waals surface area contributed by atoms with Crippen molar-refractivity contribution >= 4 is 23.5 Å². The Morgan fingerprint density at radius 2 is 0.224 bits per heavy atom. The molecule has 38 heteroatoms. The standard InChI is InChI=1S/C20H6F36S2/c1-57-19(53,54)17(49,50)15(45,46)13(41,42)11(37,38)9(33,34)7(29,30)5(25,26)3(21,22)4(23,24)6(27,28)8(31,32)10(35,36)12(39,40)14(43,44)16(47,48)18(51,52)20(55,56)58-2/h1-2H3. The highest BCUT2D eigenvalue weighted by atomic mass is 32.2. The van der Waals surface area contributed by atoms with Crippen molar-refractivity contribution in [1.82, 2.24) is 0 Å². The molecule has 0 aromatic heterocycles. The molecule has 0 N–H and O–H groups in total. The van der Waals surface area contributed by atoms with Crippen molar-refractivity contribution in [3.8, 4) is 0 Å². The lowest BCUT2D eigenvalue weighted by atomic mass is 9.82. The van der Waals surface area contributed by atoms with Gasteiger partial charge in [0.15, 0.2) is 0 Å². The molecule has 0 rings (SSSR count). The fourth-order valence-corrected chi connectivity index (χ4v) is 4.15. The summed E-state index contributed by atoms with van der Waals surface area (Å²) in [6.07, 6.45) is -1.09. The van der Waals surface area contributed by atoms with E-state index >= 15 is 0 Å². The number of rotatable bonds is 19. The van der Waals surface area contributed by atoms with E-state index in [9.17, 15) is 158 Å². The first kappa shape index (κ1) is 56.2.